The zero-order valence-corrected chi connectivity index (χ0v) is 12.5. The lowest BCUT2D eigenvalue weighted by Gasteiger charge is -2.00. The van der Waals surface area contributed by atoms with Crippen LogP contribution in [-0.2, 0) is 5.75 Å². The van der Waals surface area contributed by atoms with Gasteiger partial charge in [-0.15, -0.1) is 5.10 Å². The number of hydrogen-bond donors (Lipinski definition) is 1. The Labute approximate surface area is 132 Å². The number of alkyl halides is 2. The predicted molar refractivity (Wildman–Crippen MR) is 88.4 cm³/mol. The van der Waals surface area contributed by atoms with Gasteiger partial charge in [-0.3, -0.25) is 0 Å². The maximum atomic E-state index is 12.6. The average Bonchev–Trinajstić information content (AvgIpc) is 2.54. The summed E-state index contributed by atoms with van der Waals surface area (Å²) in [4.78, 5) is 0. The maximum absolute atomic E-state index is 12.6. The molecular weight excluding hydrogens is 304 g/mol. The van der Waals surface area contributed by atoms with E-state index >= 15 is 0 Å². The molecule has 0 aliphatic rings. The van der Waals surface area contributed by atoms with E-state index in [1.807, 2.05) is 30.3 Å². The summed E-state index contributed by atoms with van der Waals surface area (Å²) in [5, 5.41) is 8.00. The van der Waals surface area contributed by atoms with E-state index in [0.717, 1.165) is 5.56 Å². The van der Waals surface area contributed by atoms with Gasteiger partial charge in [-0.2, -0.15) is 5.10 Å². The van der Waals surface area contributed by atoms with Crippen molar-refractivity contribution >= 4 is 23.1 Å². The lowest BCUT2D eigenvalue weighted by Crippen LogP contribution is -2.06. The van der Waals surface area contributed by atoms with Gasteiger partial charge in [0.05, 0.1) is 6.21 Å². The normalized spacial score (nSPS) is 12.2. The van der Waals surface area contributed by atoms with E-state index in [-0.39, 0.29) is 5.56 Å². The molecule has 0 fully saturated rings. The molecule has 0 saturated heterocycles. The van der Waals surface area contributed by atoms with Crippen LogP contribution in [0.15, 0.2) is 64.8 Å². The highest BCUT2D eigenvalue weighted by atomic mass is 32.2. The third-order valence-corrected chi connectivity index (χ3v) is 3.61. The highest BCUT2D eigenvalue weighted by Gasteiger charge is 2.05. The van der Waals surface area contributed by atoms with E-state index in [9.17, 15) is 8.78 Å². The van der Waals surface area contributed by atoms with E-state index in [0.29, 0.717) is 16.5 Å². The van der Waals surface area contributed by atoms with Crippen LogP contribution in [-0.4, -0.2) is 11.4 Å². The molecule has 0 radical (unpaired) electrons. The molecule has 6 heteroatoms. The van der Waals surface area contributed by atoms with Crippen LogP contribution >= 0.6 is 11.8 Å². The number of thioether (sulfide) groups is 1. The molecule has 0 atom stereocenters. The first-order chi connectivity index (χ1) is 10.6. The number of rotatable bonds is 5. The second kappa shape index (κ2) is 8.29. The van der Waals surface area contributed by atoms with Crippen LogP contribution in [0.2, 0.25) is 0 Å². The molecule has 3 nitrogen and oxygen atoms in total. The van der Waals surface area contributed by atoms with E-state index < -0.39 is 6.43 Å². The Morgan fingerprint density at radius 2 is 1.91 bits per heavy atom. The van der Waals surface area contributed by atoms with Crippen LogP contribution in [0.4, 0.5) is 8.78 Å². The standard InChI is InChI=1S/C16H15F2N3S/c17-15(18)14-8-4-7-13(9-14)10-20-21-16(19)22-11-12-5-2-1-3-6-12/h1-10,15H,11H2,(H2,19,21). The van der Waals surface area contributed by atoms with E-state index in [2.05, 4.69) is 10.2 Å². The number of amidine groups is 1. The SMILES string of the molecule is NC(=NN=Cc1cccc(C(F)F)c1)SCc1ccccc1. The van der Waals surface area contributed by atoms with Crippen LogP contribution < -0.4 is 5.73 Å². The fourth-order valence-electron chi connectivity index (χ4n) is 1.69. The van der Waals surface area contributed by atoms with Crippen LogP contribution in [0, 0.1) is 0 Å². The molecule has 2 N–H and O–H groups in total. The lowest BCUT2D eigenvalue weighted by atomic mass is 10.1. The molecule has 0 amide bonds. The highest BCUT2D eigenvalue weighted by Crippen LogP contribution is 2.18. The van der Waals surface area contributed by atoms with E-state index in [1.165, 1.54) is 30.1 Å². The highest BCUT2D eigenvalue weighted by molar-refractivity contribution is 8.13. The van der Waals surface area contributed by atoms with Gasteiger partial charge in [0.2, 0.25) is 0 Å². The molecule has 0 aliphatic heterocycles. The minimum absolute atomic E-state index is 0.0423. The first-order valence-corrected chi connectivity index (χ1v) is 7.55. The van der Waals surface area contributed by atoms with Crippen LogP contribution in [0.5, 0.6) is 0 Å². The van der Waals surface area contributed by atoms with Crippen molar-refractivity contribution in [3.05, 3.63) is 71.3 Å². The first kappa shape index (κ1) is 16.2. The van der Waals surface area contributed by atoms with Crippen molar-refractivity contribution < 1.29 is 8.78 Å². The minimum atomic E-state index is -2.50. The summed E-state index contributed by atoms with van der Waals surface area (Å²) in [7, 11) is 0. The third-order valence-electron chi connectivity index (χ3n) is 2.76. The third kappa shape index (κ3) is 5.29. The fourth-order valence-corrected chi connectivity index (χ4v) is 2.30. The first-order valence-electron chi connectivity index (χ1n) is 6.56. The van der Waals surface area contributed by atoms with Crippen molar-refractivity contribution in [3.63, 3.8) is 0 Å². The fraction of sp³-hybridized carbons (Fsp3) is 0.125. The van der Waals surface area contributed by atoms with Crippen molar-refractivity contribution in [1.82, 2.24) is 0 Å². The Balaban J connectivity index is 1.91. The monoisotopic (exact) mass is 319 g/mol. The van der Waals surface area contributed by atoms with Crippen molar-refractivity contribution in [1.29, 1.82) is 0 Å². The lowest BCUT2D eigenvalue weighted by molar-refractivity contribution is 0.151. The van der Waals surface area contributed by atoms with Gasteiger partial charge in [0.25, 0.3) is 6.43 Å². The summed E-state index contributed by atoms with van der Waals surface area (Å²) in [6.07, 6.45) is -1.09. The molecule has 2 rings (SSSR count). The second-order valence-corrected chi connectivity index (χ2v) is 5.42. The summed E-state index contributed by atoms with van der Waals surface area (Å²) in [6, 6.07) is 15.8. The molecule has 22 heavy (non-hydrogen) atoms. The van der Waals surface area contributed by atoms with E-state index in [1.54, 1.807) is 12.1 Å². The van der Waals surface area contributed by atoms with E-state index in [4.69, 9.17) is 5.73 Å². The molecule has 0 aliphatic carbocycles. The summed E-state index contributed by atoms with van der Waals surface area (Å²) >= 11 is 1.37. The molecule has 0 saturated carbocycles. The van der Waals surface area contributed by atoms with Gasteiger partial charge >= 0.3 is 0 Å². The Morgan fingerprint density at radius 1 is 1.14 bits per heavy atom. The van der Waals surface area contributed by atoms with Crippen LogP contribution in [0.1, 0.15) is 23.1 Å². The van der Waals surface area contributed by atoms with Gasteiger partial charge in [0.15, 0.2) is 5.17 Å². The zero-order valence-electron chi connectivity index (χ0n) is 11.7. The maximum Gasteiger partial charge on any atom is 0.263 e. The Morgan fingerprint density at radius 3 is 2.64 bits per heavy atom. The van der Waals surface area contributed by atoms with Gasteiger partial charge in [-0.1, -0.05) is 60.3 Å². The van der Waals surface area contributed by atoms with Gasteiger partial charge < -0.3 is 5.73 Å². The van der Waals surface area contributed by atoms with Gasteiger partial charge in [-0.05, 0) is 17.2 Å². The number of nitrogens with zero attached hydrogens (tertiary/aromatic N) is 2. The molecule has 0 heterocycles. The largest absolute Gasteiger partial charge is 0.377 e. The number of nitrogens with two attached hydrogens (primary N) is 1. The number of hydrogen-bond acceptors (Lipinski definition) is 3. The van der Waals surface area contributed by atoms with Crippen LogP contribution in [0.3, 0.4) is 0 Å². The van der Waals surface area contributed by atoms with Crippen molar-refractivity contribution in [2.24, 2.45) is 15.9 Å². The van der Waals surface area contributed by atoms with Gasteiger partial charge in [0, 0.05) is 11.3 Å². The van der Waals surface area contributed by atoms with Crippen LogP contribution in [0.25, 0.3) is 0 Å². The average molecular weight is 319 g/mol. The number of halogens is 2. The van der Waals surface area contributed by atoms with Crippen molar-refractivity contribution in [3.8, 4) is 0 Å². The summed E-state index contributed by atoms with van der Waals surface area (Å²) < 4.78 is 25.1. The molecule has 0 unspecified atom stereocenters. The smallest absolute Gasteiger partial charge is 0.263 e. The number of benzene rings is 2. The molecule has 114 valence electrons. The summed E-state index contributed by atoms with van der Waals surface area (Å²) in [6.45, 7) is 0. The molecule has 0 bridgehead atoms. The minimum Gasteiger partial charge on any atom is -0.377 e. The second-order valence-electron chi connectivity index (χ2n) is 4.43. The summed E-state index contributed by atoms with van der Waals surface area (Å²) in [5.74, 6) is 0.701. The van der Waals surface area contributed by atoms with Gasteiger partial charge in [-0.25, -0.2) is 8.78 Å². The topological polar surface area (TPSA) is 50.7 Å². The predicted octanol–water partition coefficient (Wildman–Crippen LogP) is 4.21. The van der Waals surface area contributed by atoms with Crippen molar-refractivity contribution in [2.45, 2.75) is 12.2 Å². The molecule has 0 aromatic heterocycles. The molecule has 0 spiro atoms. The summed E-state index contributed by atoms with van der Waals surface area (Å²) in [5.41, 5.74) is 7.40. The Hall–Kier alpha value is -2.21. The van der Waals surface area contributed by atoms with Crippen molar-refractivity contribution in [2.75, 3.05) is 0 Å². The molecule has 2 aromatic rings. The zero-order chi connectivity index (χ0) is 15.8. The molecule has 2 aromatic carbocycles. The van der Waals surface area contributed by atoms with Gasteiger partial charge in [0.1, 0.15) is 0 Å². The molecular formula is C16H15F2N3S. The Kier molecular flexibility index (Phi) is 6.09. The Bertz CT molecular complexity index is 657. The quantitative estimate of drug-likeness (QED) is 0.510.